The van der Waals surface area contributed by atoms with E-state index in [0.29, 0.717) is 6.10 Å². The van der Waals surface area contributed by atoms with E-state index in [9.17, 15) is 4.79 Å². The van der Waals surface area contributed by atoms with Crippen LogP contribution in [-0.2, 0) is 9.53 Å². The lowest BCUT2D eigenvalue weighted by Crippen LogP contribution is -2.30. The maximum Gasteiger partial charge on any atom is 0.230 e. The number of hydrogen-bond donors (Lipinski definition) is 1. The molecule has 2 bridgehead atoms. The van der Waals surface area contributed by atoms with E-state index in [1.54, 1.807) is 11.8 Å². The van der Waals surface area contributed by atoms with Gasteiger partial charge in [0.05, 0.1) is 18.1 Å². The Bertz CT molecular complexity index is 732. The van der Waals surface area contributed by atoms with Crippen LogP contribution in [0.1, 0.15) is 19.3 Å². The van der Waals surface area contributed by atoms with Crippen LogP contribution < -0.4 is 5.32 Å². The third kappa shape index (κ3) is 3.53. The monoisotopic (exact) mass is 403 g/mol. The van der Waals surface area contributed by atoms with Crippen molar-refractivity contribution in [3.8, 4) is 0 Å². The number of carbonyl (C=O) groups is 1. The molecule has 3 nitrogen and oxygen atoms in total. The predicted molar refractivity (Wildman–Crippen MR) is 99.3 cm³/mol. The summed E-state index contributed by atoms with van der Waals surface area (Å²) in [5.74, 6) is 0.107. The number of amides is 1. The summed E-state index contributed by atoms with van der Waals surface area (Å²) in [4.78, 5) is 14.8. The number of benzene rings is 2. The zero-order valence-corrected chi connectivity index (χ0v) is 15.5. The fourth-order valence-electron chi connectivity index (χ4n) is 3.39. The van der Waals surface area contributed by atoms with Crippen LogP contribution >= 0.6 is 27.7 Å². The molecule has 24 heavy (non-hydrogen) atoms. The van der Waals surface area contributed by atoms with Gasteiger partial charge in [0.1, 0.15) is 0 Å². The second-order valence-corrected chi connectivity index (χ2v) is 8.35. The van der Waals surface area contributed by atoms with Crippen molar-refractivity contribution in [1.82, 2.24) is 0 Å². The molecule has 1 N–H and O–H groups in total. The Labute approximate surface area is 154 Å². The van der Waals surface area contributed by atoms with Gasteiger partial charge in [-0.3, -0.25) is 4.79 Å². The topological polar surface area (TPSA) is 38.3 Å². The third-order valence-corrected chi connectivity index (χ3v) is 6.16. The van der Waals surface area contributed by atoms with Gasteiger partial charge in [-0.15, -0.1) is 0 Å². The Balaban J connectivity index is 1.37. The molecular weight excluding hydrogens is 386 g/mol. The lowest BCUT2D eigenvalue weighted by Gasteiger charge is -2.18. The second-order valence-electron chi connectivity index (χ2n) is 6.29. The summed E-state index contributed by atoms with van der Waals surface area (Å²) in [6, 6.07) is 16.3. The predicted octanol–water partition coefficient (Wildman–Crippen LogP) is 5.11. The molecule has 3 unspecified atom stereocenters. The number of rotatable bonds is 4. The van der Waals surface area contributed by atoms with Gasteiger partial charge in [-0.1, -0.05) is 27.7 Å². The van der Waals surface area contributed by atoms with Gasteiger partial charge in [-0.05, 0) is 67.8 Å². The number of halogens is 1. The van der Waals surface area contributed by atoms with Gasteiger partial charge in [0.15, 0.2) is 0 Å². The molecule has 124 valence electrons. The molecule has 1 amide bonds. The van der Waals surface area contributed by atoms with Crippen LogP contribution in [0.25, 0.3) is 0 Å². The minimum atomic E-state index is 0.0144. The fourth-order valence-corrected chi connectivity index (χ4v) is 4.47. The summed E-state index contributed by atoms with van der Waals surface area (Å²) in [5.41, 5.74) is 0.850. The molecule has 2 aliphatic heterocycles. The zero-order chi connectivity index (χ0) is 16.5. The summed E-state index contributed by atoms with van der Waals surface area (Å²) < 4.78 is 6.85. The quantitative estimate of drug-likeness (QED) is 0.770. The van der Waals surface area contributed by atoms with Crippen molar-refractivity contribution in [2.45, 2.75) is 41.3 Å². The Morgan fingerprint density at radius 1 is 1.04 bits per heavy atom. The van der Waals surface area contributed by atoms with E-state index < -0.39 is 0 Å². The molecule has 2 saturated heterocycles. The zero-order valence-electron chi connectivity index (χ0n) is 13.1. The molecule has 2 aliphatic rings. The average Bonchev–Trinajstić information content (AvgIpc) is 3.22. The molecule has 2 aromatic carbocycles. The highest BCUT2D eigenvalue weighted by Gasteiger charge is 2.44. The van der Waals surface area contributed by atoms with Gasteiger partial charge >= 0.3 is 0 Å². The number of ether oxygens (including phenoxy) is 1. The van der Waals surface area contributed by atoms with E-state index in [4.69, 9.17) is 4.74 Å². The van der Waals surface area contributed by atoms with Crippen molar-refractivity contribution in [3.05, 3.63) is 53.0 Å². The third-order valence-electron chi connectivity index (χ3n) is 4.61. The highest BCUT2D eigenvalue weighted by atomic mass is 79.9. The van der Waals surface area contributed by atoms with Crippen molar-refractivity contribution in [1.29, 1.82) is 0 Å². The number of carbonyl (C=O) groups excluding carboxylic acids is 1. The molecule has 0 aliphatic carbocycles. The maximum absolute atomic E-state index is 12.4. The van der Waals surface area contributed by atoms with Gasteiger partial charge in [0.2, 0.25) is 5.91 Å². The normalized spacial score (nSPS) is 25.0. The molecule has 0 spiro atoms. The van der Waals surface area contributed by atoms with E-state index in [1.165, 1.54) is 4.90 Å². The minimum Gasteiger partial charge on any atom is -0.374 e. The Kier molecular flexibility index (Phi) is 4.66. The van der Waals surface area contributed by atoms with Crippen LogP contribution in [0.3, 0.4) is 0 Å². The number of fused-ring (bicyclic) bond motifs is 2. The van der Waals surface area contributed by atoms with Crippen LogP contribution in [-0.4, -0.2) is 18.1 Å². The minimum absolute atomic E-state index is 0.0144. The molecular formula is C19H18BrNO2S. The first-order valence-corrected chi connectivity index (χ1v) is 9.78. The number of hydrogen-bond acceptors (Lipinski definition) is 3. The first kappa shape index (κ1) is 16.2. The summed E-state index contributed by atoms with van der Waals surface area (Å²) in [5, 5.41) is 3.03. The Morgan fingerprint density at radius 2 is 1.71 bits per heavy atom. The van der Waals surface area contributed by atoms with Gasteiger partial charge < -0.3 is 10.1 Å². The molecule has 0 saturated carbocycles. The molecule has 2 heterocycles. The lowest BCUT2D eigenvalue weighted by molar-refractivity contribution is -0.121. The number of nitrogens with one attached hydrogen (secondary N) is 1. The summed E-state index contributed by atoms with van der Waals surface area (Å²) in [7, 11) is 0. The van der Waals surface area contributed by atoms with E-state index in [0.717, 1.165) is 34.3 Å². The molecule has 2 aromatic rings. The van der Waals surface area contributed by atoms with E-state index >= 15 is 0 Å². The number of anilines is 1. The Morgan fingerprint density at radius 3 is 2.29 bits per heavy atom. The van der Waals surface area contributed by atoms with Crippen molar-refractivity contribution in [2.75, 3.05) is 5.32 Å². The van der Waals surface area contributed by atoms with Crippen LogP contribution in [0.4, 0.5) is 5.69 Å². The van der Waals surface area contributed by atoms with Gasteiger partial charge in [0, 0.05) is 20.0 Å². The van der Waals surface area contributed by atoms with E-state index in [1.807, 2.05) is 36.4 Å². The van der Waals surface area contributed by atoms with Gasteiger partial charge in [-0.2, -0.15) is 0 Å². The Hall–Kier alpha value is -1.30. The SMILES string of the molecule is O=C(Nc1ccc(Sc2ccc(Br)cc2)cc1)C1CC2CCC1O2. The van der Waals surface area contributed by atoms with Crippen molar-refractivity contribution < 1.29 is 9.53 Å². The molecule has 4 rings (SSSR count). The van der Waals surface area contributed by atoms with Crippen molar-refractivity contribution >= 4 is 39.3 Å². The second kappa shape index (κ2) is 6.90. The molecule has 5 heteroatoms. The van der Waals surface area contributed by atoms with Crippen molar-refractivity contribution in [3.63, 3.8) is 0 Å². The van der Waals surface area contributed by atoms with Crippen LogP contribution in [0, 0.1) is 5.92 Å². The largest absolute Gasteiger partial charge is 0.374 e. The molecule has 0 radical (unpaired) electrons. The van der Waals surface area contributed by atoms with E-state index in [-0.39, 0.29) is 17.9 Å². The summed E-state index contributed by atoms with van der Waals surface area (Å²) >= 11 is 5.15. The first-order chi connectivity index (χ1) is 11.7. The van der Waals surface area contributed by atoms with Crippen molar-refractivity contribution in [2.24, 2.45) is 5.92 Å². The molecule has 2 fully saturated rings. The van der Waals surface area contributed by atoms with E-state index in [2.05, 4.69) is 33.4 Å². The first-order valence-electron chi connectivity index (χ1n) is 8.17. The highest BCUT2D eigenvalue weighted by molar-refractivity contribution is 9.10. The van der Waals surface area contributed by atoms with Gasteiger partial charge in [-0.25, -0.2) is 0 Å². The van der Waals surface area contributed by atoms with Crippen LogP contribution in [0.2, 0.25) is 0 Å². The molecule has 3 atom stereocenters. The lowest BCUT2D eigenvalue weighted by atomic mass is 9.88. The summed E-state index contributed by atoms with van der Waals surface area (Å²) in [6.45, 7) is 0. The average molecular weight is 404 g/mol. The van der Waals surface area contributed by atoms with Crippen LogP contribution in [0.5, 0.6) is 0 Å². The highest BCUT2D eigenvalue weighted by Crippen LogP contribution is 2.39. The standard InChI is InChI=1S/C19H18BrNO2S/c20-12-1-6-15(7-2-12)24-16-8-3-13(4-9-16)21-19(22)17-11-14-5-10-18(17)23-14/h1-4,6-9,14,17-18H,5,10-11H2,(H,21,22). The molecule has 0 aromatic heterocycles. The maximum atomic E-state index is 12.4. The smallest absolute Gasteiger partial charge is 0.230 e. The van der Waals surface area contributed by atoms with Gasteiger partial charge in [0.25, 0.3) is 0 Å². The summed E-state index contributed by atoms with van der Waals surface area (Å²) in [6.07, 6.45) is 3.42. The fraction of sp³-hybridized carbons (Fsp3) is 0.316. The van der Waals surface area contributed by atoms with Crippen LogP contribution in [0.15, 0.2) is 62.8 Å².